The minimum absolute atomic E-state index is 0.255. The molecule has 3 aliphatic carbocycles. The zero-order valence-corrected chi connectivity index (χ0v) is 30.9. The van der Waals surface area contributed by atoms with E-state index in [2.05, 4.69) is 48.6 Å². The fourth-order valence-electron chi connectivity index (χ4n) is 9.73. The molecular formula is C51H34N2O4. The summed E-state index contributed by atoms with van der Waals surface area (Å²) >= 11 is 0. The molecule has 4 amide bonds. The summed E-state index contributed by atoms with van der Waals surface area (Å²) < 4.78 is 0. The minimum atomic E-state index is -0.327. The monoisotopic (exact) mass is 738 g/mol. The van der Waals surface area contributed by atoms with Gasteiger partial charge < -0.3 is 0 Å². The van der Waals surface area contributed by atoms with Crippen molar-refractivity contribution in [3.05, 3.63) is 189 Å². The van der Waals surface area contributed by atoms with Gasteiger partial charge in [-0.2, -0.15) is 0 Å². The van der Waals surface area contributed by atoms with Crippen molar-refractivity contribution in [1.29, 1.82) is 0 Å². The summed E-state index contributed by atoms with van der Waals surface area (Å²) in [5.41, 5.74) is 10.0. The smallest absolute Gasteiger partial charge is 0.265 e. The summed E-state index contributed by atoms with van der Waals surface area (Å²) in [5, 5.41) is 5.38. The maximum Gasteiger partial charge on any atom is 0.265 e. The molecule has 57 heavy (non-hydrogen) atoms. The molecule has 0 bridgehead atoms. The topological polar surface area (TPSA) is 74.8 Å². The van der Waals surface area contributed by atoms with E-state index in [-0.39, 0.29) is 23.6 Å². The fourth-order valence-corrected chi connectivity index (χ4v) is 9.73. The lowest BCUT2D eigenvalue weighted by molar-refractivity contribution is -0.113. The van der Waals surface area contributed by atoms with E-state index >= 15 is 0 Å². The number of allylic oxidation sites excluding steroid dienone is 6. The average Bonchev–Trinajstić information content (AvgIpc) is 3.54. The Morgan fingerprint density at radius 3 is 2.02 bits per heavy atom. The Morgan fingerprint density at radius 2 is 1.18 bits per heavy atom. The van der Waals surface area contributed by atoms with Gasteiger partial charge in [-0.1, -0.05) is 103 Å². The van der Waals surface area contributed by atoms with E-state index in [4.69, 9.17) is 0 Å². The first kappa shape index (κ1) is 33.2. The van der Waals surface area contributed by atoms with Crippen LogP contribution in [0.1, 0.15) is 73.4 Å². The number of imide groups is 2. The molecule has 0 aromatic heterocycles. The van der Waals surface area contributed by atoms with Gasteiger partial charge >= 0.3 is 0 Å². The third-order valence-electron chi connectivity index (χ3n) is 12.1. The quantitative estimate of drug-likeness (QED) is 0.169. The first-order chi connectivity index (χ1) is 28.0. The third kappa shape index (κ3) is 4.77. The highest BCUT2D eigenvalue weighted by Crippen LogP contribution is 2.47. The molecule has 6 aromatic carbocycles. The Bertz CT molecular complexity index is 3100. The number of anilines is 1. The van der Waals surface area contributed by atoms with Crippen LogP contribution in [0.3, 0.4) is 0 Å². The van der Waals surface area contributed by atoms with Crippen molar-refractivity contribution in [2.75, 3.05) is 4.90 Å². The Labute approximate surface area is 328 Å². The molecule has 0 saturated heterocycles. The van der Waals surface area contributed by atoms with Gasteiger partial charge in [-0.05, 0) is 129 Å². The van der Waals surface area contributed by atoms with Crippen molar-refractivity contribution >= 4 is 68.1 Å². The molecule has 0 spiro atoms. The van der Waals surface area contributed by atoms with Gasteiger partial charge in [0.1, 0.15) is 0 Å². The number of hydrogen-bond donors (Lipinski definition) is 0. The van der Waals surface area contributed by atoms with Crippen LogP contribution in [0.25, 0.3) is 49.9 Å². The van der Waals surface area contributed by atoms with Crippen LogP contribution in [-0.2, 0) is 11.2 Å². The number of hydrogen-bond acceptors (Lipinski definition) is 4. The van der Waals surface area contributed by atoms with Crippen molar-refractivity contribution in [2.24, 2.45) is 0 Å². The highest BCUT2D eigenvalue weighted by molar-refractivity contribution is 6.36. The van der Waals surface area contributed by atoms with Crippen LogP contribution in [0.2, 0.25) is 0 Å². The molecule has 11 rings (SSSR count). The number of benzene rings is 6. The van der Waals surface area contributed by atoms with Crippen LogP contribution in [0.4, 0.5) is 5.69 Å². The second kappa shape index (κ2) is 12.7. The van der Waals surface area contributed by atoms with E-state index in [9.17, 15) is 19.2 Å². The van der Waals surface area contributed by atoms with Crippen molar-refractivity contribution < 1.29 is 19.2 Å². The van der Waals surface area contributed by atoms with Gasteiger partial charge in [0.05, 0.1) is 11.4 Å². The summed E-state index contributed by atoms with van der Waals surface area (Å²) in [6, 6.07) is 33.2. The minimum Gasteiger partial charge on any atom is -0.269 e. The predicted octanol–water partition coefficient (Wildman–Crippen LogP) is 8.95. The first-order valence-corrected chi connectivity index (χ1v) is 19.5. The number of nitrogens with zero attached hydrogens (tertiary/aromatic N) is 2. The SMILES string of the molecule is O=C1c2cccc3c(-c4c5c(c(C6=c7cccc8c7=C(CC6)C(=O)N(c6ccccc6)C8=O)c6ccccc46)C=CCC5)ccc(c23)C(=O)N1C1=CC=CCC=C1. The second-order valence-electron chi connectivity index (χ2n) is 15.1. The third-order valence-corrected chi connectivity index (χ3v) is 12.1. The summed E-state index contributed by atoms with van der Waals surface area (Å²) in [6.07, 6.45) is 17.5. The zero-order valence-electron chi connectivity index (χ0n) is 30.9. The summed E-state index contributed by atoms with van der Waals surface area (Å²) in [6.45, 7) is 0. The largest absolute Gasteiger partial charge is 0.269 e. The van der Waals surface area contributed by atoms with Crippen molar-refractivity contribution in [2.45, 2.75) is 32.1 Å². The molecule has 0 N–H and O–H groups in total. The van der Waals surface area contributed by atoms with E-state index < -0.39 is 0 Å². The molecule has 0 unspecified atom stereocenters. The van der Waals surface area contributed by atoms with Crippen LogP contribution in [0, 0.1) is 0 Å². The Hall–Kier alpha value is -7.18. The fraction of sp³-hybridized carbons (Fsp3) is 0.0980. The zero-order chi connectivity index (χ0) is 38.4. The molecule has 0 radical (unpaired) electrons. The molecule has 2 heterocycles. The van der Waals surface area contributed by atoms with Gasteiger partial charge in [-0.15, -0.1) is 0 Å². The lowest BCUT2D eigenvalue weighted by atomic mass is 9.76. The van der Waals surface area contributed by atoms with Crippen molar-refractivity contribution in [1.82, 2.24) is 4.90 Å². The Balaban J connectivity index is 1.15. The summed E-state index contributed by atoms with van der Waals surface area (Å²) in [7, 11) is 0. The maximum atomic E-state index is 14.2. The summed E-state index contributed by atoms with van der Waals surface area (Å²) in [4.78, 5) is 59.2. The van der Waals surface area contributed by atoms with Gasteiger partial charge in [0.25, 0.3) is 23.6 Å². The maximum absolute atomic E-state index is 14.2. The number of para-hydroxylation sites is 1. The molecule has 6 aromatic rings. The lowest BCUT2D eigenvalue weighted by Gasteiger charge is -2.31. The molecule has 6 heteroatoms. The van der Waals surface area contributed by atoms with E-state index in [1.54, 1.807) is 12.1 Å². The molecule has 0 fully saturated rings. The van der Waals surface area contributed by atoms with Gasteiger partial charge in [-0.25, -0.2) is 9.80 Å². The van der Waals surface area contributed by atoms with Crippen LogP contribution < -0.4 is 15.3 Å². The number of amides is 4. The highest BCUT2D eigenvalue weighted by Gasteiger charge is 2.38. The van der Waals surface area contributed by atoms with Crippen LogP contribution in [0.15, 0.2) is 145 Å². The molecule has 0 atom stereocenters. The molecule has 272 valence electrons. The second-order valence-corrected chi connectivity index (χ2v) is 15.1. The van der Waals surface area contributed by atoms with E-state index in [1.807, 2.05) is 85.0 Å². The Kier molecular flexibility index (Phi) is 7.38. The highest BCUT2D eigenvalue weighted by atomic mass is 16.2. The van der Waals surface area contributed by atoms with Crippen LogP contribution in [0.5, 0.6) is 0 Å². The first-order valence-electron chi connectivity index (χ1n) is 19.5. The number of fused-ring (bicyclic) bond motifs is 2. The molecule has 2 aliphatic heterocycles. The van der Waals surface area contributed by atoms with Gasteiger partial charge in [-0.3, -0.25) is 19.2 Å². The van der Waals surface area contributed by atoms with Gasteiger partial charge in [0, 0.05) is 32.9 Å². The van der Waals surface area contributed by atoms with Gasteiger partial charge in [0.2, 0.25) is 0 Å². The summed E-state index contributed by atoms with van der Waals surface area (Å²) in [5.74, 6) is -1.22. The predicted molar refractivity (Wildman–Crippen MR) is 225 cm³/mol. The average molecular weight is 739 g/mol. The number of carbonyl (C=O) groups is 4. The molecule has 6 nitrogen and oxygen atoms in total. The molecular weight excluding hydrogens is 705 g/mol. The van der Waals surface area contributed by atoms with Gasteiger partial charge in [0.15, 0.2) is 0 Å². The van der Waals surface area contributed by atoms with Crippen LogP contribution >= 0.6 is 0 Å². The standard InChI is InChI=1S/C51H34N2O4/c54-48-40-24-12-22-36-38(26-28-42(46(36)40)50(56)52(48)30-14-4-1-2-5-15-30)44-32-18-8-10-20-34(32)45(35-21-11-9-19-33(35)44)39-27-29-43-47-37(39)23-13-25-41(47)49(55)53(51(43)57)31-16-6-3-7-17-31/h1,3-8,10-18,20-26,28H,2,9,19,27,29H2. The van der Waals surface area contributed by atoms with E-state index in [1.165, 1.54) is 15.4 Å². The van der Waals surface area contributed by atoms with Crippen molar-refractivity contribution in [3.63, 3.8) is 0 Å². The van der Waals surface area contributed by atoms with E-state index in [0.29, 0.717) is 51.9 Å². The normalized spacial score (nSPS) is 17.0. The molecule has 5 aliphatic rings. The van der Waals surface area contributed by atoms with E-state index in [0.717, 1.165) is 73.7 Å². The number of carbonyl (C=O) groups excluding carboxylic acids is 4. The van der Waals surface area contributed by atoms with Crippen LogP contribution in [-0.4, -0.2) is 28.5 Å². The lowest BCUT2D eigenvalue weighted by Crippen LogP contribution is -2.51. The van der Waals surface area contributed by atoms with Crippen molar-refractivity contribution in [3.8, 4) is 11.1 Å². The molecule has 0 saturated carbocycles. The Morgan fingerprint density at radius 1 is 0.491 bits per heavy atom. The number of rotatable bonds is 4.